The van der Waals surface area contributed by atoms with Crippen LogP contribution in [0.3, 0.4) is 0 Å². The van der Waals surface area contributed by atoms with Crippen LogP contribution in [-0.2, 0) is 6.54 Å². The highest BCUT2D eigenvalue weighted by atomic mass is 15.1. The van der Waals surface area contributed by atoms with Crippen molar-refractivity contribution in [2.75, 3.05) is 0 Å². The van der Waals surface area contributed by atoms with Crippen LogP contribution < -0.4 is 5.73 Å². The first-order valence-electron chi connectivity index (χ1n) is 5.84. The second kappa shape index (κ2) is 4.61. The minimum absolute atomic E-state index is 0.0131. The Morgan fingerprint density at radius 2 is 2.25 bits per heavy atom. The molecule has 86 valence electrons. The van der Waals surface area contributed by atoms with E-state index in [-0.39, 0.29) is 6.04 Å². The quantitative estimate of drug-likeness (QED) is 0.856. The summed E-state index contributed by atoms with van der Waals surface area (Å²) < 4.78 is 2.11. The maximum Gasteiger partial charge on any atom is 0.160 e. The van der Waals surface area contributed by atoms with Crippen LogP contribution in [0.4, 0.5) is 0 Å². The van der Waals surface area contributed by atoms with E-state index in [2.05, 4.69) is 28.4 Å². The topological polar surface area (TPSA) is 56.7 Å². The van der Waals surface area contributed by atoms with Gasteiger partial charge in [-0.1, -0.05) is 13.3 Å². The molecule has 16 heavy (non-hydrogen) atoms. The lowest BCUT2D eigenvalue weighted by Gasteiger charge is -2.11. The second-order valence-corrected chi connectivity index (χ2v) is 3.96. The predicted octanol–water partition coefficient (Wildman–Crippen LogP) is 2.25. The lowest BCUT2D eigenvalue weighted by Crippen LogP contribution is -2.16. The molecule has 4 heteroatoms. The molecule has 0 radical (unpaired) electrons. The van der Waals surface area contributed by atoms with Gasteiger partial charge in [0.05, 0.1) is 6.04 Å². The molecule has 2 aromatic rings. The summed E-state index contributed by atoms with van der Waals surface area (Å²) in [5.74, 6) is 0.957. The van der Waals surface area contributed by atoms with Gasteiger partial charge in [0.1, 0.15) is 11.3 Å². The van der Waals surface area contributed by atoms with E-state index in [0.717, 1.165) is 36.4 Å². The Kier molecular flexibility index (Phi) is 3.19. The van der Waals surface area contributed by atoms with Gasteiger partial charge in [-0.25, -0.2) is 9.97 Å². The highest BCUT2D eigenvalue weighted by Crippen LogP contribution is 2.20. The average Bonchev–Trinajstić information content (AvgIpc) is 2.67. The van der Waals surface area contributed by atoms with Crippen molar-refractivity contribution in [3.8, 4) is 0 Å². The van der Waals surface area contributed by atoms with Crippen LogP contribution in [0, 0.1) is 0 Å². The molecule has 2 heterocycles. The predicted molar refractivity (Wildman–Crippen MR) is 65.0 cm³/mol. The van der Waals surface area contributed by atoms with Gasteiger partial charge in [0.15, 0.2) is 5.65 Å². The van der Waals surface area contributed by atoms with Crippen LogP contribution in [0.5, 0.6) is 0 Å². The summed E-state index contributed by atoms with van der Waals surface area (Å²) in [6.07, 6.45) is 3.83. The number of nitrogens with zero attached hydrogens (tertiary/aromatic N) is 3. The van der Waals surface area contributed by atoms with Gasteiger partial charge in [0.2, 0.25) is 0 Å². The van der Waals surface area contributed by atoms with Gasteiger partial charge < -0.3 is 10.3 Å². The Labute approximate surface area is 95.5 Å². The first kappa shape index (κ1) is 11.1. The standard InChI is InChI=1S/C12H18N4/c1-3-6-9(13)11-15-10-7-5-8-14-12(10)16(11)4-2/h5,7-9H,3-4,6,13H2,1-2H3. The van der Waals surface area contributed by atoms with Crippen LogP contribution in [0.1, 0.15) is 38.6 Å². The molecule has 2 rings (SSSR count). The highest BCUT2D eigenvalue weighted by Gasteiger charge is 2.15. The average molecular weight is 218 g/mol. The maximum atomic E-state index is 6.13. The van der Waals surface area contributed by atoms with E-state index in [0.29, 0.717) is 0 Å². The van der Waals surface area contributed by atoms with Crippen LogP contribution in [0.15, 0.2) is 18.3 Å². The number of rotatable bonds is 4. The Bertz CT molecular complexity index is 475. The Morgan fingerprint density at radius 3 is 2.94 bits per heavy atom. The Balaban J connectivity index is 2.51. The summed E-state index contributed by atoms with van der Waals surface area (Å²) in [5, 5.41) is 0. The summed E-state index contributed by atoms with van der Waals surface area (Å²) in [7, 11) is 0. The number of hydrogen-bond donors (Lipinski definition) is 1. The van der Waals surface area contributed by atoms with Gasteiger partial charge in [-0.3, -0.25) is 0 Å². The molecule has 0 amide bonds. The molecule has 2 N–H and O–H groups in total. The fourth-order valence-electron chi connectivity index (χ4n) is 2.01. The normalized spacial score (nSPS) is 13.2. The lowest BCUT2D eigenvalue weighted by atomic mass is 10.2. The molecular formula is C12H18N4. The molecule has 4 nitrogen and oxygen atoms in total. The SMILES string of the molecule is CCCC(N)c1nc2cccnc2n1CC. The molecular weight excluding hydrogens is 200 g/mol. The van der Waals surface area contributed by atoms with Crippen molar-refractivity contribution in [3.05, 3.63) is 24.2 Å². The zero-order valence-electron chi connectivity index (χ0n) is 9.85. The third-order valence-electron chi connectivity index (χ3n) is 2.78. The van der Waals surface area contributed by atoms with E-state index in [9.17, 15) is 0 Å². The largest absolute Gasteiger partial charge is 0.321 e. The van der Waals surface area contributed by atoms with Crippen LogP contribution in [-0.4, -0.2) is 14.5 Å². The van der Waals surface area contributed by atoms with Crippen molar-refractivity contribution >= 4 is 11.2 Å². The number of fused-ring (bicyclic) bond motifs is 1. The summed E-state index contributed by atoms with van der Waals surface area (Å²) in [4.78, 5) is 8.94. The van der Waals surface area contributed by atoms with Crippen molar-refractivity contribution in [3.63, 3.8) is 0 Å². The van der Waals surface area contributed by atoms with E-state index in [1.54, 1.807) is 6.20 Å². The third-order valence-corrected chi connectivity index (χ3v) is 2.78. The summed E-state index contributed by atoms with van der Waals surface area (Å²) in [6.45, 7) is 5.09. The zero-order valence-corrected chi connectivity index (χ0v) is 9.85. The molecule has 1 unspecified atom stereocenters. The van der Waals surface area contributed by atoms with Crippen molar-refractivity contribution in [2.24, 2.45) is 5.73 Å². The third kappa shape index (κ3) is 1.80. The van der Waals surface area contributed by atoms with E-state index in [1.165, 1.54) is 0 Å². The zero-order chi connectivity index (χ0) is 11.5. The first-order valence-corrected chi connectivity index (χ1v) is 5.84. The van der Waals surface area contributed by atoms with Gasteiger partial charge >= 0.3 is 0 Å². The van der Waals surface area contributed by atoms with Gasteiger partial charge in [-0.2, -0.15) is 0 Å². The van der Waals surface area contributed by atoms with Gasteiger partial charge in [0, 0.05) is 12.7 Å². The minimum Gasteiger partial charge on any atom is -0.321 e. The Morgan fingerprint density at radius 1 is 1.44 bits per heavy atom. The Hall–Kier alpha value is -1.42. The molecule has 0 fully saturated rings. The van der Waals surface area contributed by atoms with Crippen molar-refractivity contribution < 1.29 is 0 Å². The van der Waals surface area contributed by atoms with Gasteiger partial charge in [-0.15, -0.1) is 0 Å². The summed E-state index contributed by atoms with van der Waals surface area (Å²) in [6, 6.07) is 3.90. The first-order chi connectivity index (χ1) is 7.77. The van der Waals surface area contributed by atoms with Crippen LogP contribution in [0.25, 0.3) is 11.2 Å². The molecule has 2 aromatic heterocycles. The van der Waals surface area contributed by atoms with Gasteiger partial charge in [0.25, 0.3) is 0 Å². The second-order valence-electron chi connectivity index (χ2n) is 3.96. The van der Waals surface area contributed by atoms with E-state index >= 15 is 0 Å². The monoisotopic (exact) mass is 218 g/mol. The summed E-state index contributed by atoms with van der Waals surface area (Å²) in [5.41, 5.74) is 8.01. The van der Waals surface area contributed by atoms with E-state index in [1.807, 2.05) is 12.1 Å². The van der Waals surface area contributed by atoms with Crippen LogP contribution >= 0.6 is 0 Å². The molecule has 0 saturated heterocycles. The number of pyridine rings is 1. The van der Waals surface area contributed by atoms with E-state index in [4.69, 9.17) is 5.73 Å². The maximum absolute atomic E-state index is 6.13. The molecule has 0 aliphatic carbocycles. The van der Waals surface area contributed by atoms with Crippen molar-refractivity contribution in [2.45, 2.75) is 39.3 Å². The highest BCUT2D eigenvalue weighted by molar-refractivity contribution is 5.71. The van der Waals surface area contributed by atoms with Crippen LogP contribution in [0.2, 0.25) is 0 Å². The molecule has 0 bridgehead atoms. The lowest BCUT2D eigenvalue weighted by molar-refractivity contribution is 0.565. The van der Waals surface area contributed by atoms with Gasteiger partial charge in [-0.05, 0) is 25.5 Å². The number of hydrogen-bond acceptors (Lipinski definition) is 3. The number of aromatic nitrogens is 3. The smallest absolute Gasteiger partial charge is 0.160 e. The van der Waals surface area contributed by atoms with E-state index < -0.39 is 0 Å². The molecule has 0 saturated carbocycles. The molecule has 0 spiro atoms. The number of nitrogens with two attached hydrogens (primary N) is 1. The summed E-state index contributed by atoms with van der Waals surface area (Å²) >= 11 is 0. The number of aryl methyl sites for hydroxylation is 1. The molecule has 1 atom stereocenters. The van der Waals surface area contributed by atoms with Crippen molar-refractivity contribution in [1.82, 2.24) is 14.5 Å². The fraction of sp³-hybridized carbons (Fsp3) is 0.500. The minimum atomic E-state index is 0.0131. The molecule has 0 aliphatic rings. The fourth-order valence-corrected chi connectivity index (χ4v) is 2.01. The number of imidazole rings is 1. The molecule has 0 aromatic carbocycles. The molecule has 0 aliphatic heterocycles. The van der Waals surface area contributed by atoms with Crippen molar-refractivity contribution in [1.29, 1.82) is 0 Å².